The maximum Gasteiger partial charge on any atom is 0.321 e. The van der Waals surface area contributed by atoms with E-state index in [1.807, 2.05) is 6.92 Å². The summed E-state index contributed by atoms with van der Waals surface area (Å²) in [6, 6.07) is -1.08. The van der Waals surface area contributed by atoms with Crippen LogP contribution in [-0.4, -0.2) is 55.1 Å². The van der Waals surface area contributed by atoms with Gasteiger partial charge in [0.05, 0.1) is 12.2 Å². The highest BCUT2D eigenvalue weighted by molar-refractivity contribution is 7.87. The quantitative estimate of drug-likeness (QED) is 0.717. The van der Waals surface area contributed by atoms with Crippen LogP contribution in [0.25, 0.3) is 0 Å². The minimum Gasteiger partial charge on any atom is -0.480 e. The Morgan fingerprint density at radius 2 is 1.95 bits per heavy atom. The Kier molecular flexibility index (Phi) is 6.38. The van der Waals surface area contributed by atoms with Crippen LogP contribution in [0.3, 0.4) is 0 Å². The number of carboxylic acids is 1. The molecule has 1 rings (SSSR count). The zero-order valence-corrected chi connectivity index (χ0v) is 13.0. The third kappa shape index (κ3) is 5.01. The zero-order chi connectivity index (χ0) is 15.3. The van der Waals surface area contributed by atoms with Crippen LogP contribution in [0, 0.1) is 0 Å². The molecule has 118 valence electrons. The fourth-order valence-corrected chi connectivity index (χ4v) is 3.76. The minimum atomic E-state index is -3.80. The Balaban J connectivity index is 2.73. The molecule has 1 saturated heterocycles. The van der Waals surface area contributed by atoms with E-state index >= 15 is 0 Å². The second-order valence-electron chi connectivity index (χ2n) is 5.23. The summed E-state index contributed by atoms with van der Waals surface area (Å²) in [5, 5.41) is 9.10. The van der Waals surface area contributed by atoms with E-state index in [2.05, 4.69) is 4.72 Å². The van der Waals surface area contributed by atoms with Crippen molar-refractivity contribution in [3.05, 3.63) is 0 Å². The lowest BCUT2D eigenvalue weighted by molar-refractivity contribution is -0.139. The number of carboxylic acid groups (broad SMARTS) is 1. The molecule has 0 aromatic heterocycles. The van der Waals surface area contributed by atoms with E-state index in [0.29, 0.717) is 12.8 Å². The van der Waals surface area contributed by atoms with E-state index in [1.54, 1.807) is 13.8 Å². The molecule has 1 aliphatic rings. The minimum absolute atomic E-state index is 0.200. The third-order valence-corrected chi connectivity index (χ3v) is 4.72. The molecule has 0 aromatic rings. The number of morpholine rings is 1. The molecule has 0 aromatic carbocycles. The van der Waals surface area contributed by atoms with E-state index in [9.17, 15) is 13.2 Å². The Labute approximate surface area is 120 Å². The number of hydrogen-bond acceptors (Lipinski definition) is 4. The van der Waals surface area contributed by atoms with Crippen molar-refractivity contribution in [2.45, 2.75) is 58.3 Å². The first-order valence-electron chi connectivity index (χ1n) is 6.92. The molecule has 20 heavy (non-hydrogen) atoms. The summed E-state index contributed by atoms with van der Waals surface area (Å²) < 4.78 is 33.5. The molecular weight excluding hydrogens is 284 g/mol. The molecular formula is C12H24N2O5S. The van der Waals surface area contributed by atoms with Crippen molar-refractivity contribution in [2.75, 3.05) is 13.1 Å². The van der Waals surface area contributed by atoms with Crippen LogP contribution in [0.15, 0.2) is 0 Å². The Morgan fingerprint density at radius 3 is 2.40 bits per heavy atom. The largest absolute Gasteiger partial charge is 0.480 e. The van der Waals surface area contributed by atoms with E-state index in [0.717, 1.165) is 6.42 Å². The second kappa shape index (κ2) is 7.35. The van der Waals surface area contributed by atoms with E-state index in [4.69, 9.17) is 9.84 Å². The van der Waals surface area contributed by atoms with E-state index in [1.165, 1.54) is 4.31 Å². The molecule has 7 nitrogen and oxygen atoms in total. The highest BCUT2D eigenvalue weighted by Crippen LogP contribution is 2.14. The predicted octanol–water partition coefficient (Wildman–Crippen LogP) is 0.573. The first-order chi connectivity index (χ1) is 9.26. The predicted molar refractivity (Wildman–Crippen MR) is 74.6 cm³/mol. The topological polar surface area (TPSA) is 95.9 Å². The van der Waals surface area contributed by atoms with Gasteiger partial charge in [-0.2, -0.15) is 17.4 Å². The van der Waals surface area contributed by atoms with Gasteiger partial charge in [-0.1, -0.05) is 19.8 Å². The molecule has 0 bridgehead atoms. The number of nitrogens with zero attached hydrogens (tertiary/aromatic N) is 1. The Morgan fingerprint density at radius 1 is 1.40 bits per heavy atom. The molecule has 0 radical (unpaired) electrons. The average molecular weight is 308 g/mol. The molecule has 8 heteroatoms. The number of unbranched alkanes of at least 4 members (excludes halogenated alkanes) is 1. The normalized spacial score (nSPS) is 26.4. The van der Waals surface area contributed by atoms with Gasteiger partial charge in [0.15, 0.2) is 0 Å². The van der Waals surface area contributed by atoms with E-state index < -0.39 is 22.2 Å². The molecule has 3 atom stereocenters. The number of aliphatic carboxylic acids is 1. The van der Waals surface area contributed by atoms with Gasteiger partial charge < -0.3 is 9.84 Å². The fourth-order valence-electron chi connectivity index (χ4n) is 2.22. The maximum atomic E-state index is 12.3. The summed E-state index contributed by atoms with van der Waals surface area (Å²) in [5.74, 6) is -1.14. The van der Waals surface area contributed by atoms with Crippen LogP contribution < -0.4 is 4.72 Å². The molecule has 1 heterocycles. The summed E-state index contributed by atoms with van der Waals surface area (Å²) in [6.07, 6.45) is 1.37. The van der Waals surface area contributed by atoms with Gasteiger partial charge >= 0.3 is 5.97 Å². The lowest BCUT2D eigenvalue weighted by atomic mass is 10.1. The first-order valence-corrected chi connectivity index (χ1v) is 8.36. The standard InChI is InChI=1S/C12H24N2O5S/c1-4-5-6-11(12(15)16)13-20(17,18)14-7-9(2)19-10(3)8-14/h9-11,13H,4-8H2,1-3H3,(H,15,16)/t9?,10?,11-/m0/s1. The van der Waals surface area contributed by atoms with Crippen molar-refractivity contribution in [3.8, 4) is 0 Å². The maximum absolute atomic E-state index is 12.3. The number of carbonyl (C=O) groups is 1. The van der Waals surface area contributed by atoms with Crippen LogP contribution in [0.1, 0.15) is 40.0 Å². The van der Waals surface area contributed by atoms with Crippen LogP contribution in [0.4, 0.5) is 0 Å². The number of nitrogens with one attached hydrogen (secondary N) is 1. The third-order valence-electron chi connectivity index (χ3n) is 3.16. The highest BCUT2D eigenvalue weighted by atomic mass is 32.2. The first kappa shape index (κ1) is 17.4. The van der Waals surface area contributed by atoms with Crippen molar-refractivity contribution in [1.82, 2.24) is 9.03 Å². The lowest BCUT2D eigenvalue weighted by Crippen LogP contribution is -2.54. The van der Waals surface area contributed by atoms with Gasteiger partial charge in [-0.05, 0) is 20.3 Å². The van der Waals surface area contributed by atoms with Crippen LogP contribution in [0.2, 0.25) is 0 Å². The average Bonchev–Trinajstić information content (AvgIpc) is 2.32. The summed E-state index contributed by atoms with van der Waals surface area (Å²) >= 11 is 0. The fraction of sp³-hybridized carbons (Fsp3) is 0.917. The van der Waals surface area contributed by atoms with Crippen LogP contribution in [-0.2, 0) is 19.7 Å². The summed E-state index contributed by atoms with van der Waals surface area (Å²) in [7, 11) is -3.80. The monoisotopic (exact) mass is 308 g/mol. The number of rotatable bonds is 7. The Bertz CT molecular complexity index is 416. The molecule has 0 aliphatic carbocycles. The summed E-state index contributed by atoms with van der Waals surface area (Å²) in [6.45, 7) is 5.99. The van der Waals surface area contributed by atoms with Crippen molar-refractivity contribution < 1.29 is 23.1 Å². The number of hydrogen-bond donors (Lipinski definition) is 2. The van der Waals surface area contributed by atoms with Crippen molar-refractivity contribution in [3.63, 3.8) is 0 Å². The van der Waals surface area contributed by atoms with Gasteiger partial charge in [0, 0.05) is 13.1 Å². The van der Waals surface area contributed by atoms with Crippen LogP contribution in [0.5, 0.6) is 0 Å². The van der Waals surface area contributed by atoms with Gasteiger partial charge in [-0.15, -0.1) is 0 Å². The molecule has 2 N–H and O–H groups in total. The molecule has 0 spiro atoms. The number of ether oxygens (including phenoxy) is 1. The van der Waals surface area contributed by atoms with Crippen LogP contribution >= 0.6 is 0 Å². The molecule has 1 aliphatic heterocycles. The zero-order valence-electron chi connectivity index (χ0n) is 12.2. The van der Waals surface area contributed by atoms with Gasteiger partial charge in [-0.3, -0.25) is 4.79 Å². The summed E-state index contributed by atoms with van der Waals surface area (Å²) in [4.78, 5) is 11.1. The van der Waals surface area contributed by atoms with Crippen molar-refractivity contribution in [2.24, 2.45) is 0 Å². The van der Waals surface area contributed by atoms with Crippen molar-refractivity contribution in [1.29, 1.82) is 0 Å². The highest BCUT2D eigenvalue weighted by Gasteiger charge is 2.33. The Hall–Kier alpha value is -0.700. The van der Waals surface area contributed by atoms with Gasteiger partial charge in [0.2, 0.25) is 0 Å². The van der Waals surface area contributed by atoms with Gasteiger partial charge in [0.1, 0.15) is 6.04 Å². The smallest absolute Gasteiger partial charge is 0.321 e. The molecule has 0 amide bonds. The lowest BCUT2D eigenvalue weighted by Gasteiger charge is -2.34. The summed E-state index contributed by atoms with van der Waals surface area (Å²) in [5.41, 5.74) is 0. The van der Waals surface area contributed by atoms with E-state index in [-0.39, 0.29) is 25.3 Å². The second-order valence-corrected chi connectivity index (χ2v) is 6.93. The molecule has 2 unspecified atom stereocenters. The van der Waals surface area contributed by atoms with Gasteiger partial charge in [0.25, 0.3) is 10.2 Å². The SMILES string of the molecule is CCCC[C@H](NS(=O)(=O)N1CC(C)OC(C)C1)C(=O)O. The van der Waals surface area contributed by atoms with Crippen molar-refractivity contribution >= 4 is 16.2 Å². The molecule has 1 fully saturated rings. The van der Waals surface area contributed by atoms with Gasteiger partial charge in [-0.25, -0.2) is 0 Å². The molecule has 0 saturated carbocycles.